The fourth-order valence-corrected chi connectivity index (χ4v) is 2.35. The van der Waals surface area contributed by atoms with Gasteiger partial charge in [-0.3, -0.25) is 4.79 Å². The van der Waals surface area contributed by atoms with Gasteiger partial charge in [-0.2, -0.15) is 0 Å². The number of fused-ring (bicyclic) bond motifs is 2. The summed E-state index contributed by atoms with van der Waals surface area (Å²) >= 11 is 0. The molecule has 1 aromatic rings. The van der Waals surface area contributed by atoms with Gasteiger partial charge in [0.15, 0.2) is 5.76 Å². The third kappa shape index (κ3) is 1.03. The van der Waals surface area contributed by atoms with E-state index in [1.165, 1.54) is 0 Å². The van der Waals surface area contributed by atoms with E-state index in [1.807, 2.05) is 6.07 Å². The summed E-state index contributed by atoms with van der Waals surface area (Å²) in [6.07, 6.45) is 2.79. The highest BCUT2D eigenvalue weighted by Crippen LogP contribution is 2.31. The van der Waals surface area contributed by atoms with Crippen LogP contribution in [0.25, 0.3) is 0 Å². The highest BCUT2D eigenvalue weighted by atomic mass is 16.4. The maximum Gasteiger partial charge on any atom is 0.223 e. The Morgan fingerprint density at radius 3 is 3.27 bits per heavy atom. The fraction of sp³-hybridized carbons (Fsp3) is 0.400. The van der Waals surface area contributed by atoms with Gasteiger partial charge in [-0.1, -0.05) is 5.16 Å². The van der Waals surface area contributed by atoms with Crippen LogP contribution < -0.4 is 0 Å². The average molecular weight is 206 g/mol. The minimum absolute atomic E-state index is 0.110. The van der Waals surface area contributed by atoms with Gasteiger partial charge in [0.25, 0.3) is 0 Å². The van der Waals surface area contributed by atoms with Gasteiger partial charge >= 0.3 is 0 Å². The zero-order chi connectivity index (χ0) is 10.4. The molecule has 1 N–H and O–H groups in total. The fourth-order valence-electron chi connectivity index (χ4n) is 2.35. The first-order chi connectivity index (χ1) is 7.31. The largest absolute Gasteiger partial charge is 0.462 e. The summed E-state index contributed by atoms with van der Waals surface area (Å²) in [6, 6.07) is 1.70. The van der Waals surface area contributed by atoms with Crippen molar-refractivity contribution in [3.8, 4) is 0 Å². The van der Waals surface area contributed by atoms with Crippen LogP contribution in [0, 0.1) is 0 Å². The summed E-state index contributed by atoms with van der Waals surface area (Å²) in [4.78, 5) is 13.3. The number of hydrogen-bond acceptors (Lipinski definition) is 4. The van der Waals surface area contributed by atoms with Crippen LogP contribution in [-0.4, -0.2) is 27.8 Å². The van der Waals surface area contributed by atoms with Crippen LogP contribution in [0.4, 0.5) is 0 Å². The van der Waals surface area contributed by atoms with Gasteiger partial charge in [0.2, 0.25) is 5.91 Å². The summed E-state index contributed by atoms with van der Waals surface area (Å²) in [5.74, 6) is 0.737. The molecule has 5 nitrogen and oxygen atoms in total. The lowest BCUT2D eigenvalue weighted by Crippen LogP contribution is -2.42. The predicted octanol–water partition coefficient (Wildman–Crippen LogP) is 0.963. The Kier molecular flexibility index (Phi) is 1.62. The van der Waals surface area contributed by atoms with Gasteiger partial charge in [-0.25, -0.2) is 0 Å². The van der Waals surface area contributed by atoms with E-state index in [4.69, 9.17) is 9.62 Å². The highest BCUT2D eigenvalue weighted by molar-refractivity contribution is 6.07. The molecule has 1 saturated heterocycles. The molecule has 2 aliphatic rings. The van der Waals surface area contributed by atoms with E-state index in [9.17, 15) is 4.79 Å². The molecule has 1 atom stereocenters. The zero-order valence-corrected chi connectivity index (χ0v) is 8.01. The van der Waals surface area contributed by atoms with Crippen LogP contribution in [0.1, 0.15) is 24.2 Å². The number of rotatable bonds is 0. The molecule has 0 aromatic carbocycles. The van der Waals surface area contributed by atoms with Gasteiger partial charge in [-0.05, 0) is 12.5 Å². The molecule has 15 heavy (non-hydrogen) atoms. The van der Waals surface area contributed by atoms with Crippen molar-refractivity contribution < 1.29 is 14.4 Å². The molecule has 78 valence electrons. The Morgan fingerprint density at radius 1 is 1.60 bits per heavy atom. The van der Waals surface area contributed by atoms with Crippen LogP contribution >= 0.6 is 0 Å². The molecular formula is C10H10N2O3. The van der Waals surface area contributed by atoms with Crippen molar-refractivity contribution in [1.29, 1.82) is 0 Å². The first kappa shape index (κ1) is 8.52. The number of amides is 1. The Hall–Kier alpha value is -1.78. The maximum absolute atomic E-state index is 11.6. The molecule has 0 spiro atoms. The van der Waals surface area contributed by atoms with E-state index in [0.29, 0.717) is 30.9 Å². The monoisotopic (exact) mass is 206 g/mol. The van der Waals surface area contributed by atoms with Crippen LogP contribution in [0.5, 0.6) is 0 Å². The molecule has 0 radical (unpaired) electrons. The molecule has 1 amide bonds. The standard InChI is InChI=1S/C10H10N2O3/c13-8-2-1-7-9(11-14)10-6(3-4-15-10)5-12(7)8/h3-4,7,14H,1-2,5H2/b11-9-. The third-order valence-corrected chi connectivity index (χ3v) is 3.07. The molecule has 3 rings (SSSR count). The van der Waals surface area contributed by atoms with Crippen molar-refractivity contribution in [1.82, 2.24) is 4.90 Å². The Labute approximate surface area is 86.0 Å². The van der Waals surface area contributed by atoms with Crippen LogP contribution in [0.3, 0.4) is 0 Å². The quantitative estimate of drug-likeness (QED) is 0.508. The van der Waals surface area contributed by atoms with E-state index in [0.717, 1.165) is 5.56 Å². The van der Waals surface area contributed by atoms with Crippen molar-refractivity contribution >= 4 is 11.6 Å². The molecule has 1 fully saturated rings. The van der Waals surface area contributed by atoms with Crippen LogP contribution in [-0.2, 0) is 11.3 Å². The number of furan rings is 1. The minimum Gasteiger partial charge on any atom is -0.462 e. The number of hydrogen-bond donors (Lipinski definition) is 1. The van der Waals surface area contributed by atoms with Gasteiger partial charge in [0.05, 0.1) is 18.8 Å². The second-order valence-corrected chi connectivity index (χ2v) is 3.84. The molecule has 1 unspecified atom stereocenters. The van der Waals surface area contributed by atoms with Crippen molar-refractivity contribution in [3.05, 3.63) is 23.7 Å². The normalized spacial score (nSPS) is 26.9. The van der Waals surface area contributed by atoms with E-state index in [1.54, 1.807) is 11.2 Å². The smallest absolute Gasteiger partial charge is 0.223 e. The topological polar surface area (TPSA) is 66.0 Å². The summed E-state index contributed by atoms with van der Waals surface area (Å²) in [5, 5.41) is 12.2. The lowest BCUT2D eigenvalue weighted by Gasteiger charge is -2.29. The van der Waals surface area contributed by atoms with Gasteiger partial charge in [0, 0.05) is 12.0 Å². The SMILES string of the molecule is O=C1CCC2/C(=N/O)c3occc3CN12. The molecule has 2 aliphatic heterocycles. The van der Waals surface area contributed by atoms with Crippen molar-refractivity contribution in [2.75, 3.05) is 0 Å². The van der Waals surface area contributed by atoms with Crippen molar-refractivity contribution in [2.24, 2.45) is 5.16 Å². The lowest BCUT2D eigenvalue weighted by molar-refractivity contribution is -0.128. The summed E-state index contributed by atoms with van der Waals surface area (Å²) in [7, 11) is 0. The van der Waals surface area contributed by atoms with E-state index < -0.39 is 0 Å². The predicted molar refractivity (Wildman–Crippen MR) is 50.6 cm³/mol. The number of nitrogens with zero attached hydrogens (tertiary/aromatic N) is 2. The molecule has 1 aromatic heterocycles. The number of oxime groups is 1. The summed E-state index contributed by atoms with van der Waals surface area (Å²) in [5.41, 5.74) is 1.39. The highest BCUT2D eigenvalue weighted by Gasteiger charge is 2.41. The average Bonchev–Trinajstić information content (AvgIpc) is 2.83. The molecule has 0 saturated carbocycles. The lowest BCUT2D eigenvalue weighted by atomic mass is 9.99. The molecular weight excluding hydrogens is 196 g/mol. The third-order valence-electron chi connectivity index (χ3n) is 3.07. The molecule has 5 heteroatoms. The van der Waals surface area contributed by atoms with Gasteiger partial charge in [0.1, 0.15) is 5.71 Å². The van der Waals surface area contributed by atoms with Gasteiger partial charge in [-0.15, -0.1) is 0 Å². The Bertz CT molecular complexity index is 449. The van der Waals surface area contributed by atoms with Crippen molar-refractivity contribution in [2.45, 2.75) is 25.4 Å². The minimum atomic E-state index is -0.110. The second kappa shape index (κ2) is 2.85. The Morgan fingerprint density at radius 2 is 2.47 bits per heavy atom. The van der Waals surface area contributed by atoms with Crippen LogP contribution in [0.15, 0.2) is 21.9 Å². The van der Waals surface area contributed by atoms with E-state index in [-0.39, 0.29) is 11.9 Å². The first-order valence-corrected chi connectivity index (χ1v) is 4.89. The summed E-state index contributed by atoms with van der Waals surface area (Å²) < 4.78 is 5.27. The summed E-state index contributed by atoms with van der Waals surface area (Å²) in [6.45, 7) is 0.564. The second-order valence-electron chi connectivity index (χ2n) is 3.84. The maximum atomic E-state index is 11.6. The van der Waals surface area contributed by atoms with E-state index in [2.05, 4.69) is 5.16 Å². The number of carbonyl (C=O) groups excluding carboxylic acids is 1. The molecule has 3 heterocycles. The molecule has 0 aliphatic carbocycles. The Balaban J connectivity index is 2.12. The first-order valence-electron chi connectivity index (χ1n) is 4.89. The van der Waals surface area contributed by atoms with Gasteiger partial charge < -0.3 is 14.5 Å². The van der Waals surface area contributed by atoms with Crippen molar-refractivity contribution in [3.63, 3.8) is 0 Å². The number of carbonyl (C=O) groups is 1. The van der Waals surface area contributed by atoms with Crippen LogP contribution in [0.2, 0.25) is 0 Å². The zero-order valence-electron chi connectivity index (χ0n) is 8.01. The molecule has 0 bridgehead atoms. The van der Waals surface area contributed by atoms with E-state index >= 15 is 0 Å².